The Kier molecular flexibility index (Phi) is 5.62. The van der Waals surface area contributed by atoms with Crippen molar-refractivity contribution in [2.45, 2.75) is 12.8 Å². The van der Waals surface area contributed by atoms with Crippen molar-refractivity contribution in [3.63, 3.8) is 0 Å². The van der Waals surface area contributed by atoms with Crippen molar-refractivity contribution in [2.24, 2.45) is 0 Å². The molecule has 0 saturated carbocycles. The average Bonchev–Trinajstić information content (AvgIpc) is 2.21. The maximum absolute atomic E-state index is 10.3. The number of hydrogen-bond acceptors (Lipinski definition) is 2. The maximum atomic E-state index is 10.3. The van der Waals surface area contributed by atoms with E-state index in [1.54, 1.807) is 0 Å². The van der Waals surface area contributed by atoms with Gasteiger partial charge in [0.15, 0.2) is 0 Å². The lowest BCUT2D eigenvalue weighted by atomic mass is 10.2. The highest BCUT2D eigenvalue weighted by atomic mass is 16.2. The van der Waals surface area contributed by atoms with Gasteiger partial charge in [0.1, 0.15) is 0 Å². The zero-order valence-electron chi connectivity index (χ0n) is 8.74. The van der Waals surface area contributed by atoms with Crippen molar-refractivity contribution < 1.29 is 5.11 Å². The molecule has 1 heterocycles. The van der Waals surface area contributed by atoms with E-state index in [0.717, 1.165) is 52.1 Å². The zero-order valence-corrected chi connectivity index (χ0v) is 8.74. The summed E-state index contributed by atoms with van der Waals surface area (Å²) in [6, 6.07) is 0. The number of unbranched alkanes of at least 4 members (excludes halogenated alkanes) is 1. The number of terminal acetylenes is 1. The molecule has 0 N–H and O–H groups in total. The first kappa shape index (κ1) is 11.5. The van der Waals surface area contributed by atoms with Gasteiger partial charge in [-0.2, -0.15) is 0 Å². The van der Waals surface area contributed by atoms with Gasteiger partial charge in [-0.05, 0) is 19.4 Å². The number of nitrogens with zero attached hydrogens (tertiary/aromatic N) is 2. The van der Waals surface area contributed by atoms with Crippen LogP contribution >= 0.6 is 0 Å². The third-order valence-corrected chi connectivity index (χ3v) is 2.65. The van der Waals surface area contributed by atoms with Gasteiger partial charge in [0, 0.05) is 26.2 Å². The molecule has 3 nitrogen and oxygen atoms in total. The van der Waals surface area contributed by atoms with E-state index in [-0.39, 0.29) is 6.61 Å². The summed E-state index contributed by atoms with van der Waals surface area (Å²) in [5, 5.41) is 10.3. The van der Waals surface area contributed by atoms with E-state index < -0.39 is 0 Å². The molecule has 1 fully saturated rings. The lowest BCUT2D eigenvalue weighted by Crippen LogP contribution is -2.46. The van der Waals surface area contributed by atoms with E-state index in [4.69, 9.17) is 6.42 Å². The molecule has 0 aromatic heterocycles. The molecule has 0 aromatic rings. The van der Waals surface area contributed by atoms with E-state index >= 15 is 0 Å². The van der Waals surface area contributed by atoms with Gasteiger partial charge in [0.2, 0.25) is 0 Å². The Morgan fingerprint density at radius 3 is 2.29 bits per heavy atom. The Hall–Kier alpha value is -0.560. The fourth-order valence-corrected chi connectivity index (χ4v) is 1.74. The van der Waals surface area contributed by atoms with Crippen LogP contribution in [0, 0.1) is 12.3 Å². The fraction of sp³-hybridized carbons (Fsp3) is 0.818. The average molecular weight is 195 g/mol. The van der Waals surface area contributed by atoms with Crippen molar-refractivity contribution in [1.82, 2.24) is 9.80 Å². The van der Waals surface area contributed by atoms with Crippen LogP contribution in [-0.4, -0.2) is 55.7 Å². The minimum atomic E-state index is 0.0665. The molecule has 1 radical (unpaired) electrons. The molecule has 0 bridgehead atoms. The molecule has 79 valence electrons. The molecular weight excluding hydrogens is 176 g/mol. The Morgan fingerprint density at radius 1 is 1.07 bits per heavy atom. The minimum absolute atomic E-state index is 0.0665. The van der Waals surface area contributed by atoms with Gasteiger partial charge in [0.25, 0.3) is 0 Å². The summed E-state index contributed by atoms with van der Waals surface area (Å²) < 4.78 is 0. The van der Waals surface area contributed by atoms with E-state index in [0.29, 0.717) is 0 Å². The molecule has 0 unspecified atom stereocenters. The standard InChI is InChI=1S/C11H19N2O/c1-2-5-12-7-9-13(10-8-12)6-3-4-11-14/h1H,3-11H2. The highest BCUT2D eigenvalue weighted by Crippen LogP contribution is 2.02. The van der Waals surface area contributed by atoms with Gasteiger partial charge in [-0.25, -0.2) is 5.11 Å². The Bertz CT molecular complexity index is 180. The van der Waals surface area contributed by atoms with Crippen LogP contribution in [0.3, 0.4) is 0 Å². The Morgan fingerprint density at radius 2 is 1.71 bits per heavy atom. The van der Waals surface area contributed by atoms with E-state index in [2.05, 4.69) is 15.7 Å². The summed E-state index contributed by atoms with van der Waals surface area (Å²) >= 11 is 0. The van der Waals surface area contributed by atoms with Gasteiger partial charge in [-0.15, -0.1) is 6.42 Å². The molecule has 0 aromatic carbocycles. The van der Waals surface area contributed by atoms with Gasteiger partial charge in [-0.3, -0.25) is 4.90 Å². The van der Waals surface area contributed by atoms with Crippen LogP contribution in [0.1, 0.15) is 12.8 Å². The predicted octanol–water partition coefficient (Wildman–Crippen LogP) is 0.448. The Balaban J connectivity index is 2.07. The van der Waals surface area contributed by atoms with Gasteiger partial charge >= 0.3 is 0 Å². The summed E-state index contributed by atoms with van der Waals surface area (Å²) in [7, 11) is 0. The number of hydrogen-bond donors (Lipinski definition) is 0. The van der Waals surface area contributed by atoms with Crippen molar-refractivity contribution in [3.8, 4) is 12.3 Å². The maximum Gasteiger partial charge on any atom is 0.0822 e. The second kappa shape index (κ2) is 6.83. The van der Waals surface area contributed by atoms with Crippen LogP contribution in [0.2, 0.25) is 0 Å². The van der Waals surface area contributed by atoms with Crippen molar-refractivity contribution in [3.05, 3.63) is 0 Å². The molecule has 0 atom stereocenters. The molecule has 1 aliphatic rings. The van der Waals surface area contributed by atoms with Crippen LogP contribution in [0.25, 0.3) is 0 Å². The quantitative estimate of drug-likeness (QED) is 0.470. The largest absolute Gasteiger partial charge is 0.301 e. The minimum Gasteiger partial charge on any atom is -0.301 e. The Labute approximate surface area is 86.7 Å². The normalized spacial score (nSPS) is 19.4. The molecule has 1 saturated heterocycles. The molecule has 3 heteroatoms. The molecule has 0 amide bonds. The van der Waals surface area contributed by atoms with Crippen molar-refractivity contribution in [2.75, 3.05) is 45.9 Å². The van der Waals surface area contributed by atoms with E-state index in [1.807, 2.05) is 0 Å². The van der Waals surface area contributed by atoms with Crippen LogP contribution in [0.15, 0.2) is 0 Å². The zero-order chi connectivity index (χ0) is 10.2. The topological polar surface area (TPSA) is 26.4 Å². The first-order valence-corrected chi connectivity index (χ1v) is 5.33. The summed E-state index contributed by atoms with van der Waals surface area (Å²) in [5.41, 5.74) is 0. The first-order chi connectivity index (χ1) is 6.86. The smallest absolute Gasteiger partial charge is 0.0822 e. The first-order valence-electron chi connectivity index (χ1n) is 5.33. The van der Waals surface area contributed by atoms with Crippen molar-refractivity contribution >= 4 is 0 Å². The highest BCUT2D eigenvalue weighted by molar-refractivity contribution is 4.89. The van der Waals surface area contributed by atoms with Gasteiger partial charge < -0.3 is 4.90 Å². The molecule has 14 heavy (non-hydrogen) atoms. The molecule has 1 aliphatic heterocycles. The SMILES string of the molecule is C#CCN1CCN(CCCC[O])CC1. The van der Waals surface area contributed by atoms with Gasteiger partial charge in [-0.1, -0.05) is 5.92 Å². The molecule has 0 aliphatic carbocycles. The summed E-state index contributed by atoms with van der Waals surface area (Å²) in [4.78, 5) is 4.72. The van der Waals surface area contributed by atoms with Crippen LogP contribution in [0.4, 0.5) is 0 Å². The second-order valence-electron chi connectivity index (χ2n) is 3.73. The lowest BCUT2D eigenvalue weighted by molar-refractivity contribution is 0.134. The third kappa shape index (κ3) is 4.10. The van der Waals surface area contributed by atoms with Gasteiger partial charge in [0.05, 0.1) is 13.2 Å². The predicted molar refractivity (Wildman–Crippen MR) is 56.5 cm³/mol. The highest BCUT2D eigenvalue weighted by Gasteiger charge is 2.14. The molecular formula is C11H19N2O. The number of piperazine rings is 1. The third-order valence-electron chi connectivity index (χ3n) is 2.65. The number of rotatable bonds is 5. The lowest BCUT2D eigenvalue weighted by Gasteiger charge is -2.33. The van der Waals surface area contributed by atoms with E-state index in [9.17, 15) is 5.11 Å². The second-order valence-corrected chi connectivity index (χ2v) is 3.73. The molecule has 1 rings (SSSR count). The van der Waals surface area contributed by atoms with Crippen LogP contribution < -0.4 is 0 Å². The molecule has 0 spiro atoms. The summed E-state index contributed by atoms with van der Waals surface area (Å²) in [6.45, 7) is 6.25. The van der Waals surface area contributed by atoms with E-state index in [1.165, 1.54) is 0 Å². The van der Waals surface area contributed by atoms with Crippen molar-refractivity contribution in [1.29, 1.82) is 0 Å². The fourth-order valence-electron chi connectivity index (χ4n) is 1.74. The summed E-state index contributed by atoms with van der Waals surface area (Å²) in [5.74, 6) is 2.67. The van der Waals surface area contributed by atoms with Crippen LogP contribution in [0.5, 0.6) is 0 Å². The summed E-state index contributed by atoms with van der Waals surface area (Å²) in [6.07, 6.45) is 7.10. The van der Waals surface area contributed by atoms with Crippen LogP contribution in [-0.2, 0) is 5.11 Å². The monoisotopic (exact) mass is 195 g/mol.